The lowest BCUT2D eigenvalue weighted by molar-refractivity contribution is -0.135. The number of nitrogens with zero attached hydrogens (tertiary/aromatic N) is 4. The third kappa shape index (κ3) is 3.32. The smallest absolute Gasteiger partial charge is 0.288 e. The summed E-state index contributed by atoms with van der Waals surface area (Å²) in [5, 5.41) is 2.16. The minimum Gasteiger partial charge on any atom is -0.342 e. The minimum atomic E-state index is -0.635. The standard InChI is InChI=1S/C18H21N5O4S/c1-10-6-16(25)23-14(19-10)7-12(20-23)11-4-3-5-22(9-11)15(24)8-13-17(26)21(2)18(27)28-13/h6-7,11,13,20H,3-5,8-9H2,1-2H3/t11-,13-/m1/s1. The Balaban J connectivity index is 1.48. The number of fused-ring (bicyclic) bond motifs is 1. The molecule has 2 saturated heterocycles. The fourth-order valence-corrected chi connectivity index (χ4v) is 4.75. The molecule has 2 aromatic heterocycles. The number of hydrogen-bond donors (Lipinski definition) is 1. The Kier molecular flexibility index (Phi) is 4.74. The highest BCUT2D eigenvalue weighted by molar-refractivity contribution is 8.15. The summed E-state index contributed by atoms with van der Waals surface area (Å²) in [6, 6.07) is 3.33. The first kappa shape index (κ1) is 18.7. The number of carbonyl (C=O) groups is 3. The summed E-state index contributed by atoms with van der Waals surface area (Å²) in [6.07, 6.45) is 1.75. The first-order valence-electron chi connectivity index (χ1n) is 9.19. The van der Waals surface area contributed by atoms with E-state index in [2.05, 4.69) is 10.1 Å². The highest BCUT2D eigenvalue weighted by Crippen LogP contribution is 2.31. The highest BCUT2D eigenvalue weighted by Gasteiger charge is 2.39. The van der Waals surface area contributed by atoms with E-state index in [9.17, 15) is 19.2 Å². The number of carbonyl (C=O) groups excluding carboxylic acids is 3. The number of rotatable bonds is 3. The zero-order chi connectivity index (χ0) is 20.0. The second-order valence-corrected chi connectivity index (χ2v) is 8.45. The Morgan fingerprint density at radius 1 is 1.32 bits per heavy atom. The fraction of sp³-hybridized carbons (Fsp3) is 0.500. The summed E-state index contributed by atoms with van der Waals surface area (Å²) in [5.41, 5.74) is 1.93. The molecule has 2 fully saturated rings. The number of aryl methyl sites for hydroxylation is 1. The number of aromatic nitrogens is 3. The predicted octanol–water partition coefficient (Wildman–Crippen LogP) is 1.12. The molecule has 9 nitrogen and oxygen atoms in total. The SMILES string of the molecule is Cc1cc(=O)n2[nH]c([C@@H]3CCCN(C(=O)C[C@H]4SC(=O)N(C)C4=O)C3)cc2n1. The average Bonchev–Trinajstić information content (AvgIpc) is 3.19. The topological polar surface area (TPSA) is 108 Å². The molecule has 3 amide bonds. The number of hydrogen-bond acceptors (Lipinski definition) is 6. The minimum absolute atomic E-state index is 0.0270. The van der Waals surface area contributed by atoms with Crippen LogP contribution in [0.3, 0.4) is 0 Å². The van der Waals surface area contributed by atoms with Gasteiger partial charge in [0.15, 0.2) is 5.65 Å². The van der Waals surface area contributed by atoms with E-state index in [1.807, 2.05) is 6.07 Å². The van der Waals surface area contributed by atoms with E-state index < -0.39 is 5.25 Å². The first-order valence-corrected chi connectivity index (χ1v) is 10.1. The molecule has 0 spiro atoms. The van der Waals surface area contributed by atoms with Gasteiger partial charge in [0.05, 0.1) is 0 Å². The second-order valence-electron chi connectivity index (χ2n) is 7.29. The molecule has 10 heteroatoms. The zero-order valence-corrected chi connectivity index (χ0v) is 16.5. The Hall–Kier alpha value is -2.62. The van der Waals surface area contributed by atoms with E-state index in [4.69, 9.17) is 0 Å². The van der Waals surface area contributed by atoms with Crippen LogP contribution in [-0.2, 0) is 9.59 Å². The van der Waals surface area contributed by atoms with Crippen molar-refractivity contribution < 1.29 is 14.4 Å². The van der Waals surface area contributed by atoms with Crippen molar-refractivity contribution >= 4 is 34.5 Å². The Morgan fingerprint density at radius 3 is 2.82 bits per heavy atom. The van der Waals surface area contributed by atoms with Crippen molar-refractivity contribution in [1.82, 2.24) is 24.4 Å². The van der Waals surface area contributed by atoms with Crippen LogP contribution in [0.1, 0.15) is 36.6 Å². The van der Waals surface area contributed by atoms with Crippen molar-refractivity contribution in [1.29, 1.82) is 0 Å². The van der Waals surface area contributed by atoms with Gasteiger partial charge in [-0.3, -0.25) is 29.2 Å². The van der Waals surface area contributed by atoms with E-state index in [-0.39, 0.29) is 35.0 Å². The molecule has 2 aliphatic heterocycles. The van der Waals surface area contributed by atoms with Gasteiger partial charge in [-0.1, -0.05) is 11.8 Å². The summed E-state index contributed by atoms with van der Waals surface area (Å²) in [7, 11) is 1.44. The van der Waals surface area contributed by atoms with Gasteiger partial charge in [-0.05, 0) is 19.8 Å². The molecule has 0 bridgehead atoms. The van der Waals surface area contributed by atoms with Crippen LogP contribution in [0, 0.1) is 6.92 Å². The maximum absolute atomic E-state index is 12.7. The van der Waals surface area contributed by atoms with Crippen molar-refractivity contribution in [2.75, 3.05) is 20.1 Å². The number of imide groups is 1. The number of amides is 3. The van der Waals surface area contributed by atoms with E-state index in [1.54, 1.807) is 11.8 Å². The van der Waals surface area contributed by atoms with Gasteiger partial charge in [-0.15, -0.1) is 0 Å². The van der Waals surface area contributed by atoms with Crippen LogP contribution in [0.25, 0.3) is 5.65 Å². The predicted molar refractivity (Wildman–Crippen MR) is 103 cm³/mol. The second kappa shape index (κ2) is 7.08. The van der Waals surface area contributed by atoms with Crippen LogP contribution in [0.2, 0.25) is 0 Å². The van der Waals surface area contributed by atoms with Crippen LogP contribution in [-0.4, -0.2) is 66.8 Å². The van der Waals surface area contributed by atoms with E-state index in [1.165, 1.54) is 17.6 Å². The molecule has 4 heterocycles. The third-order valence-corrected chi connectivity index (χ3v) is 6.42. The van der Waals surface area contributed by atoms with Crippen LogP contribution in [0.4, 0.5) is 4.79 Å². The number of thioether (sulfide) groups is 1. The number of nitrogens with one attached hydrogen (secondary N) is 1. The van der Waals surface area contributed by atoms with Gasteiger partial charge in [0.25, 0.3) is 10.8 Å². The van der Waals surface area contributed by atoms with Crippen molar-refractivity contribution in [3.63, 3.8) is 0 Å². The van der Waals surface area contributed by atoms with E-state index in [0.29, 0.717) is 24.4 Å². The lowest BCUT2D eigenvalue weighted by atomic mass is 9.94. The molecular formula is C18H21N5O4S. The van der Waals surface area contributed by atoms with Gasteiger partial charge in [0, 0.05) is 56.0 Å². The molecule has 2 aromatic rings. The number of aromatic amines is 1. The van der Waals surface area contributed by atoms with Crippen LogP contribution in [0.5, 0.6) is 0 Å². The molecule has 0 aromatic carbocycles. The number of piperidine rings is 1. The van der Waals surface area contributed by atoms with Gasteiger partial charge in [0.2, 0.25) is 11.8 Å². The molecule has 0 radical (unpaired) electrons. The number of likely N-dealkylation sites (tertiary alicyclic amines) is 1. The molecule has 0 unspecified atom stereocenters. The monoisotopic (exact) mass is 403 g/mol. The fourth-order valence-electron chi connectivity index (χ4n) is 3.77. The largest absolute Gasteiger partial charge is 0.342 e. The van der Waals surface area contributed by atoms with Crippen LogP contribution < -0.4 is 5.56 Å². The first-order chi connectivity index (χ1) is 13.3. The lowest BCUT2D eigenvalue weighted by Gasteiger charge is -2.32. The highest BCUT2D eigenvalue weighted by atomic mass is 32.2. The van der Waals surface area contributed by atoms with Crippen LogP contribution in [0.15, 0.2) is 16.9 Å². The van der Waals surface area contributed by atoms with E-state index >= 15 is 0 Å². The van der Waals surface area contributed by atoms with Crippen molar-refractivity contribution in [2.45, 2.75) is 37.4 Å². The quantitative estimate of drug-likeness (QED) is 0.823. The number of H-pyrrole nitrogens is 1. The van der Waals surface area contributed by atoms with Gasteiger partial charge < -0.3 is 4.90 Å². The average molecular weight is 403 g/mol. The molecule has 2 aliphatic rings. The Morgan fingerprint density at radius 2 is 2.11 bits per heavy atom. The summed E-state index contributed by atoms with van der Waals surface area (Å²) in [4.78, 5) is 55.7. The van der Waals surface area contributed by atoms with Gasteiger partial charge in [0.1, 0.15) is 5.25 Å². The molecule has 0 saturated carbocycles. The van der Waals surface area contributed by atoms with E-state index in [0.717, 1.165) is 35.2 Å². The Bertz CT molecular complexity index is 1030. The normalized spacial score (nSPS) is 23.1. The maximum Gasteiger partial charge on any atom is 0.288 e. The maximum atomic E-state index is 12.7. The molecule has 1 N–H and O–H groups in total. The van der Waals surface area contributed by atoms with Crippen LogP contribution >= 0.6 is 11.8 Å². The van der Waals surface area contributed by atoms with Crippen molar-refractivity contribution in [3.05, 3.63) is 33.9 Å². The third-order valence-electron chi connectivity index (χ3n) is 5.30. The molecule has 28 heavy (non-hydrogen) atoms. The molecule has 4 rings (SSSR count). The lowest BCUT2D eigenvalue weighted by Crippen LogP contribution is -2.41. The van der Waals surface area contributed by atoms with Crippen molar-refractivity contribution in [2.24, 2.45) is 0 Å². The molecular weight excluding hydrogens is 382 g/mol. The molecule has 148 valence electrons. The summed E-state index contributed by atoms with van der Waals surface area (Å²) in [5.74, 6) is -0.371. The Labute approximate surface area is 165 Å². The summed E-state index contributed by atoms with van der Waals surface area (Å²) >= 11 is 0.915. The summed E-state index contributed by atoms with van der Waals surface area (Å²) in [6.45, 7) is 2.91. The van der Waals surface area contributed by atoms with Gasteiger partial charge in [-0.2, -0.15) is 0 Å². The van der Waals surface area contributed by atoms with Crippen molar-refractivity contribution in [3.8, 4) is 0 Å². The summed E-state index contributed by atoms with van der Waals surface area (Å²) < 4.78 is 1.42. The van der Waals surface area contributed by atoms with Gasteiger partial charge >= 0.3 is 0 Å². The molecule has 0 aliphatic carbocycles. The molecule has 2 atom stereocenters. The van der Waals surface area contributed by atoms with Gasteiger partial charge in [-0.25, -0.2) is 9.50 Å². The zero-order valence-electron chi connectivity index (χ0n) is 15.7.